The van der Waals surface area contributed by atoms with E-state index in [1.165, 1.54) is 0 Å². The van der Waals surface area contributed by atoms with E-state index in [0.29, 0.717) is 12.5 Å². The number of nitrogens with zero attached hydrogens (tertiary/aromatic N) is 3. The fraction of sp³-hybridized carbons (Fsp3) is 0.812. The van der Waals surface area contributed by atoms with E-state index in [-0.39, 0.29) is 24.2 Å². The second kappa shape index (κ2) is 10.9. The molecule has 1 aliphatic heterocycles. The Hall–Kier alpha value is -0.790. The first kappa shape index (κ1) is 21.3. The minimum atomic E-state index is 0. The molecule has 1 unspecified atom stereocenters. The van der Waals surface area contributed by atoms with Gasteiger partial charge < -0.3 is 15.2 Å². The third-order valence-electron chi connectivity index (χ3n) is 4.07. The number of aromatic nitrogens is 3. The molecule has 1 aliphatic rings. The van der Waals surface area contributed by atoms with Crippen LogP contribution in [0.5, 0.6) is 0 Å². The average molecular weight is 376 g/mol. The molecule has 24 heavy (non-hydrogen) atoms. The van der Waals surface area contributed by atoms with Crippen LogP contribution in [-0.4, -0.2) is 46.6 Å². The number of thioether (sulfide) groups is 1. The maximum atomic E-state index is 12.1. The Labute approximate surface area is 155 Å². The molecular weight excluding hydrogens is 346 g/mol. The van der Waals surface area contributed by atoms with Crippen molar-refractivity contribution < 1.29 is 4.79 Å². The van der Waals surface area contributed by atoms with Gasteiger partial charge in [-0.15, -0.1) is 22.6 Å². The van der Waals surface area contributed by atoms with Crippen molar-refractivity contribution in [1.29, 1.82) is 0 Å². The summed E-state index contributed by atoms with van der Waals surface area (Å²) < 4.78 is 2.21. The van der Waals surface area contributed by atoms with Gasteiger partial charge in [-0.25, -0.2) is 0 Å². The van der Waals surface area contributed by atoms with E-state index in [0.717, 1.165) is 56.3 Å². The summed E-state index contributed by atoms with van der Waals surface area (Å²) in [7, 11) is 0. The number of piperidine rings is 1. The molecule has 0 aliphatic carbocycles. The van der Waals surface area contributed by atoms with Crippen LogP contribution >= 0.6 is 24.2 Å². The maximum Gasteiger partial charge on any atom is 0.224 e. The Morgan fingerprint density at radius 3 is 2.88 bits per heavy atom. The molecule has 1 saturated heterocycles. The second-order valence-corrected chi connectivity index (χ2v) is 7.32. The van der Waals surface area contributed by atoms with Crippen LogP contribution in [0.3, 0.4) is 0 Å². The average Bonchev–Trinajstić information content (AvgIpc) is 2.93. The summed E-state index contributed by atoms with van der Waals surface area (Å²) in [6, 6.07) is 0. The lowest BCUT2D eigenvalue weighted by molar-refractivity contribution is -0.125. The summed E-state index contributed by atoms with van der Waals surface area (Å²) in [5.41, 5.74) is 0. The Morgan fingerprint density at radius 2 is 2.25 bits per heavy atom. The van der Waals surface area contributed by atoms with Crippen molar-refractivity contribution in [3.63, 3.8) is 0 Å². The van der Waals surface area contributed by atoms with Gasteiger partial charge in [0.25, 0.3) is 0 Å². The van der Waals surface area contributed by atoms with E-state index >= 15 is 0 Å². The van der Waals surface area contributed by atoms with Crippen molar-refractivity contribution in [2.75, 3.05) is 25.9 Å². The van der Waals surface area contributed by atoms with Gasteiger partial charge in [0.1, 0.15) is 5.82 Å². The fourth-order valence-corrected chi connectivity index (χ4v) is 3.40. The van der Waals surface area contributed by atoms with Crippen molar-refractivity contribution in [1.82, 2.24) is 25.4 Å². The van der Waals surface area contributed by atoms with Gasteiger partial charge in [0, 0.05) is 26.1 Å². The molecule has 2 heterocycles. The number of carbonyl (C=O) groups is 1. The Balaban J connectivity index is 0.00000288. The van der Waals surface area contributed by atoms with E-state index in [2.05, 4.69) is 39.2 Å². The number of carbonyl (C=O) groups excluding carboxylic acids is 1. The molecule has 1 aromatic heterocycles. The molecule has 0 radical (unpaired) electrons. The molecular formula is C16H30ClN5OS. The monoisotopic (exact) mass is 375 g/mol. The highest BCUT2D eigenvalue weighted by molar-refractivity contribution is 7.98. The molecule has 1 aromatic rings. The lowest BCUT2D eigenvalue weighted by Gasteiger charge is -2.21. The summed E-state index contributed by atoms with van der Waals surface area (Å²) in [5, 5.41) is 15.9. The van der Waals surface area contributed by atoms with Crippen LogP contribution < -0.4 is 10.6 Å². The van der Waals surface area contributed by atoms with E-state index in [4.69, 9.17) is 0 Å². The number of nitrogens with one attached hydrogen (secondary N) is 2. The maximum absolute atomic E-state index is 12.1. The van der Waals surface area contributed by atoms with Gasteiger partial charge in [0.2, 0.25) is 5.91 Å². The first-order chi connectivity index (χ1) is 11.1. The van der Waals surface area contributed by atoms with Crippen LogP contribution in [0.1, 0.15) is 38.9 Å². The standard InChI is InChI=1S/C16H29N5OS.ClH/c1-12(2)11-21-14(19-20-16(21)23-3)7-5-9-18-15(22)13-6-4-8-17-10-13;/h12-13,17H,4-11H2,1-3H3,(H,18,22);1H. The minimum absolute atomic E-state index is 0. The number of hydrogen-bond acceptors (Lipinski definition) is 5. The highest BCUT2D eigenvalue weighted by Crippen LogP contribution is 2.16. The summed E-state index contributed by atoms with van der Waals surface area (Å²) in [4.78, 5) is 12.1. The number of hydrogen-bond donors (Lipinski definition) is 2. The molecule has 1 atom stereocenters. The number of aryl methyl sites for hydroxylation is 1. The zero-order valence-electron chi connectivity index (χ0n) is 14.9. The van der Waals surface area contributed by atoms with Crippen LogP contribution in [0.2, 0.25) is 0 Å². The van der Waals surface area contributed by atoms with Gasteiger partial charge in [-0.2, -0.15) is 0 Å². The fourth-order valence-electron chi connectivity index (χ4n) is 2.88. The predicted octanol–water partition coefficient (Wildman–Crippen LogP) is 2.13. The highest BCUT2D eigenvalue weighted by Gasteiger charge is 2.20. The van der Waals surface area contributed by atoms with Gasteiger partial charge in [0.05, 0.1) is 5.92 Å². The van der Waals surface area contributed by atoms with Crippen LogP contribution in [0.25, 0.3) is 0 Å². The molecule has 0 aromatic carbocycles. The molecule has 1 fully saturated rings. The quantitative estimate of drug-likeness (QED) is 0.538. The first-order valence-corrected chi connectivity index (χ1v) is 9.78. The summed E-state index contributed by atoms with van der Waals surface area (Å²) >= 11 is 1.63. The normalized spacial score (nSPS) is 17.6. The third kappa shape index (κ3) is 6.26. The van der Waals surface area contributed by atoms with Crippen LogP contribution in [-0.2, 0) is 17.8 Å². The Kier molecular flexibility index (Phi) is 9.69. The Bertz CT molecular complexity index is 503. The molecule has 138 valence electrons. The van der Waals surface area contributed by atoms with Crippen molar-refractivity contribution >= 4 is 30.1 Å². The number of amides is 1. The summed E-state index contributed by atoms with van der Waals surface area (Å²) in [5.74, 6) is 1.91. The predicted molar refractivity (Wildman–Crippen MR) is 101 cm³/mol. The zero-order chi connectivity index (χ0) is 16.7. The largest absolute Gasteiger partial charge is 0.356 e. The van der Waals surface area contributed by atoms with Gasteiger partial charge in [-0.05, 0) is 38.0 Å². The van der Waals surface area contributed by atoms with Gasteiger partial charge in [-0.3, -0.25) is 4.79 Å². The van der Waals surface area contributed by atoms with Gasteiger partial charge in [0.15, 0.2) is 5.16 Å². The van der Waals surface area contributed by atoms with E-state index < -0.39 is 0 Å². The van der Waals surface area contributed by atoms with Crippen molar-refractivity contribution in [2.24, 2.45) is 11.8 Å². The van der Waals surface area contributed by atoms with Crippen LogP contribution in [0.4, 0.5) is 0 Å². The van der Waals surface area contributed by atoms with Crippen molar-refractivity contribution in [3.8, 4) is 0 Å². The second-order valence-electron chi connectivity index (χ2n) is 6.55. The lowest BCUT2D eigenvalue weighted by atomic mass is 9.99. The molecule has 0 saturated carbocycles. The van der Waals surface area contributed by atoms with Crippen molar-refractivity contribution in [3.05, 3.63) is 5.82 Å². The van der Waals surface area contributed by atoms with E-state index in [1.54, 1.807) is 11.8 Å². The van der Waals surface area contributed by atoms with Crippen LogP contribution in [0, 0.1) is 11.8 Å². The lowest BCUT2D eigenvalue weighted by Crippen LogP contribution is -2.40. The molecule has 1 amide bonds. The van der Waals surface area contributed by atoms with Crippen LogP contribution in [0.15, 0.2) is 5.16 Å². The molecule has 2 rings (SSSR count). The summed E-state index contributed by atoms with van der Waals surface area (Å²) in [6.45, 7) is 7.90. The minimum Gasteiger partial charge on any atom is -0.356 e. The molecule has 0 bridgehead atoms. The molecule has 0 spiro atoms. The summed E-state index contributed by atoms with van der Waals surface area (Å²) in [6.07, 6.45) is 5.87. The number of halogens is 1. The number of rotatable bonds is 8. The SMILES string of the molecule is CSc1nnc(CCCNC(=O)C2CCCNC2)n1CC(C)C.Cl. The van der Waals surface area contributed by atoms with E-state index in [9.17, 15) is 4.79 Å². The molecule has 6 nitrogen and oxygen atoms in total. The van der Waals surface area contributed by atoms with Gasteiger partial charge >= 0.3 is 0 Å². The van der Waals surface area contributed by atoms with Crippen molar-refractivity contribution in [2.45, 2.75) is 51.2 Å². The molecule has 2 N–H and O–H groups in total. The van der Waals surface area contributed by atoms with Gasteiger partial charge in [-0.1, -0.05) is 25.6 Å². The zero-order valence-corrected chi connectivity index (χ0v) is 16.5. The topological polar surface area (TPSA) is 71.8 Å². The molecule has 8 heteroatoms. The highest BCUT2D eigenvalue weighted by atomic mass is 35.5. The Morgan fingerprint density at radius 1 is 1.46 bits per heavy atom. The smallest absolute Gasteiger partial charge is 0.224 e. The first-order valence-electron chi connectivity index (χ1n) is 8.56. The van der Waals surface area contributed by atoms with E-state index in [1.807, 2.05) is 6.26 Å². The third-order valence-corrected chi connectivity index (χ3v) is 4.73.